The molecule has 0 radical (unpaired) electrons. The van der Waals surface area contributed by atoms with Crippen molar-refractivity contribution in [3.63, 3.8) is 0 Å². The van der Waals surface area contributed by atoms with Crippen LogP contribution in [0.4, 0.5) is 5.82 Å². The molecule has 0 aliphatic rings. The number of nitrogen functional groups attached to an aromatic ring is 1. The summed E-state index contributed by atoms with van der Waals surface area (Å²) < 4.78 is 26.6. The van der Waals surface area contributed by atoms with Crippen LogP contribution in [-0.2, 0) is 16.4 Å². The second-order valence-electron chi connectivity index (χ2n) is 4.67. The van der Waals surface area contributed by atoms with Gasteiger partial charge in [-0.2, -0.15) is 4.31 Å². The van der Waals surface area contributed by atoms with Crippen molar-refractivity contribution < 1.29 is 8.42 Å². The molecule has 6 nitrogen and oxygen atoms in total. The minimum atomic E-state index is -3.57. The van der Waals surface area contributed by atoms with Crippen LogP contribution in [0.3, 0.4) is 0 Å². The predicted molar refractivity (Wildman–Crippen MR) is 84.5 cm³/mol. The van der Waals surface area contributed by atoms with E-state index in [4.69, 9.17) is 5.84 Å². The first kappa shape index (κ1) is 15.9. The van der Waals surface area contributed by atoms with E-state index in [1.807, 2.05) is 24.4 Å². The van der Waals surface area contributed by atoms with Crippen molar-refractivity contribution in [2.45, 2.75) is 24.3 Å². The summed E-state index contributed by atoms with van der Waals surface area (Å²) >= 11 is 1.62. The van der Waals surface area contributed by atoms with Crippen molar-refractivity contribution in [1.29, 1.82) is 0 Å². The Morgan fingerprint density at radius 1 is 1.48 bits per heavy atom. The summed E-state index contributed by atoms with van der Waals surface area (Å²) in [6.45, 7) is 1.89. The maximum absolute atomic E-state index is 12.6. The van der Waals surface area contributed by atoms with Gasteiger partial charge in [-0.05, 0) is 30.9 Å². The minimum Gasteiger partial charge on any atom is -0.308 e. The number of rotatable bonds is 6. The van der Waals surface area contributed by atoms with E-state index in [2.05, 4.69) is 10.4 Å². The molecule has 0 aliphatic carbocycles. The van der Waals surface area contributed by atoms with E-state index in [-0.39, 0.29) is 10.9 Å². The molecule has 21 heavy (non-hydrogen) atoms. The molecule has 0 fully saturated rings. The number of sulfonamides is 1. The Balaban J connectivity index is 2.21. The average molecular weight is 326 g/mol. The Morgan fingerprint density at radius 2 is 2.24 bits per heavy atom. The summed E-state index contributed by atoms with van der Waals surface area (Å²) in [7, 11) is -1.98. The van der Waals surface area contributed by atoms with Gasteiger partial charge in [0, 0.05) is 30.2 Å². The number of anilines is 1. The molecule has 2 aromatic rings. The van der Waals surface area contributed by atoms with Crippen molar-refractivity contribution in [3.05, 3.63) is 40.7 Å². The van der Waals surface area contributed by atoms with E-state index in [1.54, 1.807) is 18.4 Å². The summed E-state index contributed by atoms with van der Waals surface area (Å²) in [5.41, 5.74) is 2.35. The zero-order valence-electron chi connectivity index (χ0n) is 11.9. The van der Waals surface area contributed by atoms with Crippen LogP contribution in [0, 0.1) is 0 Å². The first-order valence-corrected chi connectivity index (χ1v) is 8.70. The predicted octanol–water partition coefficient (Wildman–Crippen LogP) is 1.68. The lowest BCUT2D eigenvalue weighted by Gasteiger charge is -2.24. The van der Waals surface area contributed by atoms with E-state index in [0.29, 0.717) is 12.2 Å². The number of hydrogen-bond donors (Lipinski definition) is 2. The van der Waals surface area contributed by atoms with Gasteiger partial charge in [0.05, 0.1) is 4.90 Å². The monoisotopic (exact) mass is 326 g/mol. The third-order valence-electron chi connectivity index (χ3n) is 3.25. The Morgan fingerprint density at radius 3 is 2.86 bits per heavy atom. The molecule has 114 valence electrons. The van der Waals surface area contributed by atoms with E-state index in [1.165, 1.54) is 22.6 Å². The third-order valence-corrected chi connectivity index (χ3v) is 6.12. The quantitative estimate of drug-likeness (QED) is 0.623. The molecule has 2 aromatic heterocycles. The molecule has 0 saturated heterocycles. The van der Waals surface area contributed by atoms with Gasteiger partial charge >= 0.3 is 0 Å². The van der Waals surface area contributed by atoms with Gasteiger partial charge in [0.2, 0.25) is 10.0 Å². The van der Waals surface area contributed by atoms with Gasteiger partial charge in [0.1, 0.15) is 5.82 Å². The number of hydrazine groups is 1. The zero-order valence-corrected chi connectivity index (χ0v) is 13.5. The van der Waals surface area contributed by atoms with Crippen molar-refractivity contribution >= 4 is 27.2 Å². The first-order valence-electron chi connectivity index (χ1n) is 6.38. The summed E-state index contributed by atoms with van der Waals surface area (Å²) in [6, 6.07) is 6.71. The Kier molecular flexibility index (Phi) is 4.94. The highest BCUT2D eigenvalue weighted by Crippen LogP contribution is 2.21. The SMILES string of the molecule is CC(Cc1cccs1)N(C)S(=O)(=O)c1ccnc(NN)c1. The average Bonchev–Trinajstić information content (AvgIpc) is 2.99. The van der Waals surface area contributed by atoms with Crippen LogP contribution in [-0.4, -0.2) is 30.8 Å². The molecule has 1 atom stereocenters. The molecule has 0 aromatic carbocycles. The molecule has 8 heteroatoms. The van der Waals surface area contributed by atoms with Crippen molar-refractivity contribution in [2.75, 3.05) is 12.5 Å². The highest BCUT2D eigenvalue weighted by atomic mass is 32.2. The topological polar surface area (TPSA) is 88.3 Å². The van der Waals surface area contributed by atoms with Gasteiger partial charge in [-0.1, -0.05) is 6.07 Å². The van der Waals surface area contributed by atoms with Gasteiger partial charge in [-0.3, -0.25) is 0 Å². The van der Waals surface area contributed by atoms with Gasteiger partial charge in [0.15, 0.2) is 0 Å². The highest BCUT2D eigenvalue weighted by Gasteiger charge is 2.26. The van der Waals surface area contributed by atoms with Gasteiger partial charge in [-0.25, -0.2) is 19.2 Å². The molecule has 2 rings (SSSR count). The van der Waals surface area contributed by atoms with Crippen LogP contribution >= 0.6 is 11.3 Å². The summed E-state index contributed by atoms with van der Waals surface area (Å²) in [4.78, 5) is 5.25. The maximum Gasteiger partial charge on any atom is 0.243 e. The van der Waals surface area contributed by atoms with Crippen molar-refractivity contribution in [3.8, 4) is 0 Å². The zero-order chi connectivity index (χ0) is 15.5. The smallest absolute Gasteiger partial charge is 0.243 e. The van der Waals surface area contributed by atoms with Crippen molar-refractivity contribution in [1.82, 2.24) is 9.29 Å². The molecule has 0 saturated carbocycles. The van der Waals surface area contributed by atoms with Crippen molar-refractivity contribution in [2.24, 2.45) is 5.84 Å². The standard InChI is InChI=1S/C13H18N4O2S2/c1-10(8-11-4-3-7-20-11)17(2)21(18,19)12-5-6-15-13(9-12)16-14/h3-7,9-10H,8,14H2,1-2H3,(H,15,16). The summed E-state index contributed by atoms with van der Waals surface area (Å²) in [6.07, 6.45) is 2.10. The number of likely N-dealkylation sites (N-methyl/N-ethyl adjacent to an activating group) is 1. The van der Waals surface area contributed by atoms with Crippen LogP contribution < -0.4 is 11.3 Å². The third kappa shape index (κ3) is 3.59. The molecule has 3 N–H and O–H groups in total. The molecule has 1 unspecified atom stereocenters. The molecule has 2 heterocycles. The lowest BCUT2D eigenvalue weighted by molar-refractivity contribution is 0.388. The Bertz CT molecular complexity index is 686. The summed E-state index contributed by atoms with van der Waals surface area (Å²) in [5, 5.41) is 1.98. The molecule has 0 aliphatic heterocycles. The highest BCUT2D eigenvalue weighted by molar-refractivity contribution is 7.89. The number of hydrogen-bond acceptors (Lipinski definition) is 6. The first-order chi connectivity index (χ1) is 9.95. The normalized spacial score (nSPS) is 13.3. The molecular weight excluding hydrogens is 308 g/mol. The number of nitrogens with one attached hydrogen (secondary N) is 1. The largest absolute Gasteiger partial charge is 0.308 e. The van der Waals surface area contributed by atoms with Gasteiger partial charge in [-0.15, -0.1) is 11.3 Å². The lowest BCUT2D eigenvalue weighted by atomic mass is 10.2. The van der Waals surface area contributed by atoms with Crippen LogP contribution in [0.15, 0.2) is 40.7 Å². The molecule has 0 spiro atoms. The van der Waals surface area contributed by atoms with Gasteiger partial charge < -0.3 is 5.43 Å². The van der Waals surface area contributed by atoms with Crippen LogP contribution in [0.2, 0.25) is 0 Å². The van der Waals surface area contributed by atoms with E-state index < -0.39 is 10.0 Å². The van der Waals surface area contributed by atoms with Gasteiger partial charge in [0.25, 0.3) is 0 Å². The molecule has 0 bridgehead atoms. The number of pyridine rings is 1. The molecule has 0 amide bonds. The number of nitrogens with two attached hydrogens (primary N) is 1. The van der Waals surface area contributed by atoms with Crippen LogP contribution in [0.25, 0.3) is 0 Å². The van der Waals surface area contributed by atoms with Crippen LogP contribution in [0.5, 0.6) is 0 Å². The lowest BCUT2D eigenvalue weighted by Crippen LogP contribution is -2.36. The fourth-order valence-electron chi connectivity index (χ4n) is 1.90. The van der Waals surface area contributed by atoms with Crippen LogP contribution in [0.1, 0.15) is 11.8 Å². The fraction of sp³-hybridized carbons (Fsp3) is 0.308. The Hall–Kier alpha value is -1.48. The second kappa shape index (κ2) is 6.52. The number of nitrogens with zero attached hydrogens (tertiary/aromatic N) is 2. The van der Waals surface area contributed by atoms with E-state index in [0.717, 1.165) is 4.88 Å². The fourth-order valence-corrected chi connectivity index (χ4v) is 4.10. The van der Waals surface area contributed by atoms with E-state index >= 15 is 0 Å². The summed E-state index contributed by atoms with van der Waals surface area (Å²) in [5.74, 6) is 5.58. The van der Waals surface area contributed by atoms with E-state index in [9.17, 15) is 8.42 Å². The second-order valence-corrected chi connectivity index (χ2v) is 7.70. The minimum absolute atomic E-state index is 0.142. The number of aromatic nitrogens is 1. The Labute approximate surface area is 128 Å². The maximum atomic E-state index is 12.6. The number of thiophene rings is 1. The molecular formula is C13H18N4O2S2.